The molecule has 0 radical (unpaired) electrons. The smallest absolute Gasteiger partial charge is 0.130 e. The first-order valence-electron chi connectivity index (χ1n) is 9.13. The lowest BCUT2D eigenvalue weighted by Gasteiger charge is -2.24. The van der Waals surface area contributed by atoms with Crippen LogP contribution in [0.3, 0.4) is 0 Å². The van der Waals surface area contributed by atoms with Crippen LogP contribution in [0.2, 0.25) is 0 Å². The molecule has 1 fully saturated rings. The zero-order valence-electron chi connectivity index (χ0n) is 15.1. The van der Waals surface area contributed by atoms with Gasteiger partial charge in [-0.05, 0) is 37.6 Å². The predicted molar refractivity (Wildman–Crippen MR) is 101 cm³/mol. The number of hydrogen-bond acceptors (Lipinski definition) is 4. The number of aromatic nitrogens is 3. The maximum Gasteiger partial charge on any atom is 0.130 e. The highest BCUT2D eigenvalue weighted by Crippen LogP contribution is 2.34. The van der Waals surface area contributed by atoms with E-state index in [-0.39, 0.29) is 0 Å². The summed E-state index contributed by atoms with van der Waals surface area (Å²) in [7, 11) is 1.98. The average molecular weight is 348 g/mol. The van der Waals surface area contributed by atoms with E-state index in [2.05, 4.69) is 33.3 Å². The Balaban J connectivity index is 1.47. The van der Waals surface area contributed by atoms with Crippen LogP contribution in [0.4, 0.5) is 0 Å². The summed E-state index contributed by atoms with van der Waals surface area (Å²) in [5.41, 5.74) is 3.47. The minimum absolute atomic E-state index is 0.438. The number of likely N-dealkylation sites (tertiary alicyclic amines) is 1. The van der Waals surface area contributed by atoms with E-state index in [1.54, 1.807) is 6.20 Å². The minimum atomic E-state index is 0.438. The molecule has 0 N–H and O–H groups in total. The van der Waals surface area contributed by atoms with Gasteiger partial charge in [0.2, 0.25) is 0 Å². The monoisotopic (exact) mass is 348 g/mol. The number of hydrogen-bond donors (Lipinski definition) is 0. The molecule has 1 aliphatic rings. The van der Waals surface area contributed by atoms with Gasteiger partial charge in [-0.25, -0.2) is 0 Å². The van der Waals surface area contributed by atoms with Gasteiger partial charge in [0.25, 0.3) is 0 Å². The molecule has 0 bridgehead atoms. The van der Waals surface area contributed by atoms with Crippen LogP contribution < -0.4 is 4.74 Å². The van der Waals surface area contributed by atoms with Crippen molar-refractivity contribution in [3.05, 3.63) is 77.9 Å². The first kappa shape index (κ1) is 16.8. The van der Waals surface area contributed by atoms with E-state index in [0.29, 0.717) is 12.6 Å². The molecular weight excluding hydrogens is 324 g/mol. The number of aryl methyl sites for hydroxylation is 1. The Kier molecular flexibility index (Phi) is 4.97. The summed E-state index contributed by atoms with van der Waals surface area (Å²) in [6, 6.07) is 14.6. The van der Waals surface area contributed by atoms with Crippen molar-refractivity contribution in [2.75, 3.05) is 6.54 Å². The molecule has 3 aromatic rings. The van der Waals surface area contributed by atoms with Crippen molar-refractivity contribution in [1.82, 2.24) is 19.7 Å². The molecule has 1 aliphatic heterocycles. The van der Waals surface area contributed by atoms with Gasteiger partial charge in [0.1, 0.15) is 12.4 Å². The topological polar surface area (TPSA) is 43.2 Å². The van der Waals surface area contributed by atoms with Crippen LogP contribution in [0.1, 0.15) is 35.7 Å². The predicted octanol–water partition coefficient (Wildman–Crippen LogP) is 3.73. The van der Waals surface area contributed by atoms with Crippen LogP contribution in [0.5, 0.6) is 5.75 Å². The highest BCUT2D eigenvalue weighted by atomic mass is 16.5. The first-order valence-corrected chi connectivity index (χ1v) is 9.13. The van der Waals surface area contributed by atoms with E-state index in [0.717, 1.165) is 24.5 Å². The number of pyridine rings is 1. The molecule has 2 aromatic heterocycles. The summed E-state index contributed by atoms with van der Waals surface area (Å²) in [5, 5.41) is 4.34. The molecule has 0 aliphatic carbocycles. The van der Waals surface area contributed by atoms with E-state index in [4.69, 9.17) is 4.74 Å². The molecule has 134 valence electrons. The Morgan fingerprint density at radius 3 is 2.85 bits per heavy atom. The molecule has 0 saturated carbocycles. The Labute approximate surface area is 154 Å². The van der Waals surface area contributed by atoms with Crippen molar-refractivity contribution in [3.8, 4) is 5.75 Å². The van der Waals surface area contributed by atoms with Crippen LogP contribution in [0.15, 0.2) is 61.1 Å². The number of rotatable bonds is 6. The third-order valence-electron chi connectivity index (χ3n) is 4.92. The van der Waals surface area contributed by atoms with Gasteiger partial charge < -0.3 is 4.74 Å². The zero-order valence-corrected chi connectivity index (χ0v) is 15.1. The van der Waals surface area contributed by atoms with Crippen molar-refractivity contribution in [2.45, 2.75) is 32.0 Å². The lowest BCUT2D eigenvalue weighted by atomic mass is 10.1. The van der Waals surface area contributed by atoms with Gasteiger partial charge in [-0.1, -0.05) is 24.3 Å². The third kappa shape index (κ3) is 3.78. The molecule has 26 heavy (non-hydrogen) atoms. The molecular formula is C21H24N4O. The number of para-hydroxylation sites is 1. The molecule has 0 spiro atoms. The first-order chi connectivity index (χ1) is 12.8. The second-order valence-corrected chi connectivity index (χ2v) is 6.79. The lowest BCUT2D eigenvalue weighted by Crippen LogP contribution is -2.23. The van der Waals surface area contributed by atoms with Crippen molar-refractivity contribution >= 4 is 0 Å². The number of benzene rings is 1. The Bertz CT molecular complexity index is 846. The molecule has 4 rings (SSSR count). The summed E-state index contributed by atoms with van der Waals surface area (Å²) < 4.78 is 7.96. The minimum Gasteiger partial charge on any atom is -0.487 e. The molecule has 5 nitrogen and oxygen atoms in total. The summed E-state index contributed by atoms with van der Waals surface area (Å²) in [6.07, 6.45) is 8.32. The summed E-state index contributed by atoms with van der Waals surface area (Å²) in [4.78, 5) is 6.86. The van der Waals surface area contributed by atoms with E-state index < -0.39 is 0 Å². The van der Waals surface area contributed by atoms with E-state index in [1.807, 2.05) is 48.3 Å². The van der Waals surface area contributed by atoms with Crippen LogP contribution in [0.25, 0.3) is 0 Å². The van der Waals surface area contributed by atoms with Crippen molar-refractivity contribution in [3.63, 3.8) is 0 Å². The lowest BCUT2D eigenvalue weighted by molar-refractivity contribution is 0.238. The van der Waals surface area contributed by atoms with Crippen LogP contribution in [-0.4, -0.2) is 26.2 Å². The van der Waals surface area contributed by atoms with Gasteiger partial charge in [0, 0.05) is 43.2 Å². The second-order valence-electron chi connectivity index (χ2n) is 6.79. The molecule has 1 aromatic carbocycles. The molecule has 0 amide bonds. The maximum atomic E-state index is 6.07. The molecule has 1 unspecified atom stereocenters. The summed E-state index contributed by atoms with van der Waals surface area (Å²) >= 11 is 0. The fourth-order valence-electron chi connectivity index (χ4n) is 3.63. The Morgan fingerprint density at radius 1 is 1.15 bits per heavy atom. The third-order valence-corrected chi connectivity index (χ3v) is 4.92. The summed E-state index contributed by atoms with van der Waals surface area (Å²) in [6.45, 7) is 2.48. The van der Waals surface area contributed by atoms with Gasteiger partial charge >= 0.3 is 0 Å². The standard InChI is InChI=1S/C21H24N4O/c1-24-14-18(13-23-24)20-9-6-12-25(20)15-17-7-2-3-10-21(17)26-16-19-8-4-5-11-22-19/h2-5,7-8,10-11,13-14,20H,6,9,12,15-16H2,1H3. The van der Waals surface area contributed by atoms with E-state index >= 15 is 0 Å². The maximum absolute atomic E-state index is 6.07. The quantitative estimate of drug-likeness (QED) is 0.681. The highest BCUT2D eigenvalue weighted by molar-refractivity contribution is 5.33. The SMILES string of the molecule is Cn1cc(C2CCCN2Cc2ccccc2OCc2ccccn2)cn1. The molecule has 1 saturated heterocycles. The zero-order chi connectivity index (χ0) is 17.8. The van der Waals surface area contributed by atoms with Crippen molar-refractivity contribution in [1.29, 1.82) is 0 Å². The fraction of sp³-hybridized carbons (Fsp3) is 0.333. The van der Waals surface area contributed by atoms with Crippen molar-refractivity contribution in [2.24, 2.45) is 7.05 Å². The second kappa shape index (κ2) is 7.70. The number of ether oxygens (including phenoxy) is 1. The van der Waals surface area contributed by atoms with Crippen LogP contribution >= 0.6 is 0 Å². The summed E-state index contributed by atoms with van der Waals surface area (Å²) in [5.74, 6) is 0.940. The average Bonchev–Trinajstić information content (AvgIpc) is 3.30. The van der Waals surface area contributed by atoms with Gasteiger partial charge in [0.15, 0.2) is 0 Å². The van der Waals surface area contributed by atoms with Gasteiger partial charge in [-0.3, -0.25) is 14.6 Å². The van der Waals surface area contributed by atoms with E-state index in [1.165, 1.54) is 24.0 Å². The van der Waals surface area contributed by atoms with Crippen molar-refractivity contribution < 1.29 is 4.74 Å². The molecule has 1 atom stereocenters. The fourth-order valence-corrected chi connectivity index (χ4v) is 3.63. The van der Waals surface area contributed by atoms with E-state index in [9.17, 15) is 0 Å². The largest absolute Gasteiger partial charge is 0.487 e. The molecule has 3 heterocycles. The Hall–Kier alpha value is -2.66. The van der Waals surface area contributed by atoms with Gasteiger partial charge in [-0.2, -0.15) is 5.10 Å². The van der Waals surface area contributed by atoms with Crippen LogP contribution in [0, 0.1) is 0 Å². The van der Waals surface area contributed by atoms with Gasteiger partial charge in [-0.15, -0.1) is 0 Å². The highest BCUT2D eigenvalue weighted by Gasteiger charge is 2.27. The Morgan fingerprint density at radius 2 is 2.04 bits per heavy atom. The molecule has 5 heteroatoms. The van der Waals surface area contributed by atoms with Crippen LogP contribution in [-0.2, 0) is 20.2 Å². The number of nitrogens with zero attached hydrogens (tertiary/aromatic N) is 4. The normalized spacial score (nSPS) is 17.5. The van der Waals surface area contributed by atoms with Gasteiger partial charge in [0.05, 0.1) is 11.9 Å².